The number of nitrogens with one attached hydrogen (secondary N) is 2. The molecule has 0 aliphatic heterocycles. The minimum Gasteiger partial charge on any atom is -0.493 e. The number of benzene rings is 1. The molecule has 7 heteroatoms. The van der Waals surface area contributed by atoms with Gasteiger partial charge in [0.1, 0.15) is 10.8 Å². The number of fused-ring (bicyclic) bond motifs is 1. The van der Waals surface area contributed by atoms with Gasteiger partial charge in [0, 0.05) is 17.0 Å². The molecule has 0 saturated heterocycles. The van der Waals surface area contributed by atoms with Crippen molar-refractivity contribution in [3.63, 3.8) is 0 Å². The van der Waals surface area contributed by atoms with Crippen LogP contribution < -0.4 is 15.4 Å². The highest BCUT2D eigenvalue weighted by molar-refractivity contribution is 7.80. The number of esters is 1. The number of carbonyl (C=O) groups excluding carboxylic acids is 1. The number of hydrogen-bond acceptors (Lipinski definition) is 5. The van der Waals surface area contributed by atoms with Gasteiger partial charge in [-0.15, -0.1) is 11.3 Å². The Labute approximate surface area is 245 Å². The Morgan fingerprint density at radius 3 is 2.44 bits per heavy atom. The normalized spacial score (nSPS) is 13.5. The first-order valence-electron chi connectivity index (χ1n) is 14.7. The molecule has 0 fully saturated rings. The molecule has 0 amide bonds. The standard InChI is InChI=1S/C32H48N2O3S2/c1-8-31(4,5)22-17-18-25(24(21-22)32(6,7)9-2)37-20-14-13-19-33-30(38)34-28-27(29(35)36-10-3)23-15-11-12-16-26(23)39-28/h17-18,21H,8-16,19-20H2,1-7H3,(H2,33,34,38). The molecular weight excluding hydrogens is 524 g/mol. The summed E-state index contributed by atoms with van der Waals surface area (Å²) in [6.07, 6.45) is 8.23. The van der Waals surface area contributed by atoms with Crippen LogP contribution in [0.5, 0.6) is 5.75 Å². The molecule has 0 radical (unpaired) electrons. The first-order valence-corrected chi connectivity index (χ1v) is 15.9. The molecule has 5 nitrogen and oxygen atoms in total. The molecule has 2 N–H and O–H groups in total. The van der Waals surface area contributed by atoms with Crippen molar-refractivity contribution in [2.24, 2.45) is 0 Å². The topological polar surface area (TPSA) is 59.6 Å². The highest BCUT2D eigenvalue weighted by atomic mass is 32.1. The number of ether oxygens (including phenoxy) is 2. The third-order valence-corrected chi connectivity index (χ3v) is 9.70. The third kappa shape index (κ3) is 7.97. The second kappa shape index (κ2) is 14.0. The lowest BCUT2D eigenvalue weighted by atomic mass is 9.76. The molecule has 3 rings (SSSR count). The average molecular weight is 573 g/mol. The van der Waals surface area contributed by atoms with Gasteiger partial charge in [0.2, 0.25) is 0 Å². The van der Waals surface area contributed by atoms with Gasteiger partial charge >= 0.3 is 5.97 Å². The monoisotopic (exact) mass is 572 g/mol. The van der Waals surface area contributed by atoms with Crippen LogP contribution in [0.3, 0.4) is 0 Å². The van der Waals surface area contributed by atoms with Gasteiger partial charge in [-0.1, -0.05) is 53.7 Å². The summed E-state index contributed by atoms with van der Waals surface area (Å²) in [5.41, 5.74) is 4.69. The van der Waals surface area contributed by atoms with E-state index in [1.807, 2.05) is 6.92 Å². The van der Waals surface area contributed by atoms with Crippen molar-refractivity contribution in [3.8, 4) is 5.75 Å². The fourth-order valence-electron chi connectivity index (χ4n) is 4.83. The number of rotatable bonds is 13. The fourth-order valence-corrected chi connectivity index (χ4v) is 6.38. The average Bonchev–Trinajstić information content (AvgIpc) is 3.28. The summed E-state index contributed by atoms with van der Waals surface area (Å²) in [4.78, 5) is 14.0. The predicted molar refractivity (Wildman–Crippen MR) is 169 cm³/mol. The van der Waals surface area contributed by atoms with E-state index in [9.17, 15) is 4.79 Å². The second-order valence-electron chi connectivity index (χ2n) is 11.8. The summed E-state index contributed by atoms with van der Waals surface area (Å²) < 4.78 is 11.7. The third-order valence-electron chi connectivity index (χ3n) is 8.25. The van der Waals surface area contributed by atoms with Crippen molar-refractivity contribution >= 4 is 39.6 Å². The zero-order chi connectivity index (χ0) is 28.6. The van der Waals surface area contributed by atoms with E-state index in [1.54, 1.807) is 11.3 Å². The largest absolute Gasteiger partial charge is 0.493 e. The number of hydrogen-bond donors (Lipinski definition) is 2. The summed E-state index contributed by atoms with van der Waals surface area (Å²) in [5, 5.41) is 7.94. The van der Waals surface area contributed by atoms with Crippen molar-refractivity contribution < 1.29 is 14.3 Å². The SMILES string of the molecule is CCOC(=O)c1c(NC(=S)NCCCCOc2ccc(C(C)(C)CC)cc2C(C)(C)CC)sc2c1CCCC2. The molecule has 216 valence electrons. The van der Waals surface area contributed by atoms with Crippen LogP contribution in [0.25, 0.3) is 0 Å². The van der Waals surface area contributed by atoms with Crippen LogP contribution in [-0.2, 0) is 28.4 Å². The van der Waals surface area contributed by atoms with Crippen LogP contribution in [-0.4, -0.2) is 30.8 Å². The molecule has 39 heavy (non-hydrogen) atoms. The van der Waals surface area contributed by atoms with E-state index >= 15 is 0 Å². The Kier molecular flexibility index (Phi) is 11.3. The number of thiophene rings is 1. The Balaban J connectivity index is 1.52. The van der Waals surface area contributed by atoms with Gasteiger partial charge in [-0.3, -0.25) is 0 Å². The molecule has 1 aliphatic rings. The molecule has 0 spiro atoms. The maximum absolute atomic E-state index is 12.7. The van der Waals surface area contributed by atoms with Crippen LogP contribution in [0.15, 0.2) is 18.2 Å². The summed E-state index contributed by atoms with van der Waals surface area (Å²) in [6.45, 7) is 17.3. The van der Waals surface area contributed by atoms with E-state index in [4.69, 9.17) is 21.7 Å². The predicted octanol–water partition coefficient (Wildman–Crippen LogP) is 8.32. The molecular formula is C32H48N2O3S2. The number of carbonyl (C=O) groups is 1. The Bertz CT molecular complexity index is 1140. The molecule has 0 bridgehead atoms. The van der Waals surface area contributed by atoms with E-state index < -0.39 is 0 Å². The Hall–Kier alpha value is -2.12. The van der Waals surface area contributed by atoms with Crippen LogP contribution in [0, 0.1) is 0 Å². The molecule has 1 aromatic carbocycles. The lowest BCUT2D eigenvalue weighted by Crippen LogP contribution is -2.29. The highest BCUT2D eigenvalue weighted by Crippen LogP contribution is 2.39. The lowest BCUT2D eigenvalue weighted by molar-refractivity contribution is 0.0526. The smallest absolute Gasteiger partial charge is 0.341 e. The first kappa shape index (κ1) is 31.4. The van der Waals surface area contributed by atoms with Crippen LogP contribution in [0.4, 0.5) is 5.00 Å². The zero-order valence-corrected chi connectivity index (χ0v) is 26.7. The maximum atomic E-state index is 12.7. The van der Waals surface area contributed by atoms with Gasteiger partial charge in [0.05, 0.1) is 18.8 Å². The Morgan fingerprint density at radius 2 is 1.74 bits per heavy atom. The molecule has 1 heterocycles. The van der Waals surface area contributed by atoms with E-state index in [-0.39, 0.29) is 16.8 Å². The molecule has 1 aliphatic carbocycles. The van der Waals surface area contributed by atoms with E-state index in [1.165, 1.54) is 16.0 Å². The van der Waals surface area contributed by atoms with Crippen LogP contribution in [0.2, 0.25) is 0 Å². The molecule has 0 atom stereocenters. The Morgan fingerprint density at radius 1 is 1.03 bits per heavy atom. The number of aryl methyl sites for hydroxylation is 1. The molecule has 0 saturated carbocycles. The number of thiocarbonyl (C=S) groups is 1. The zero-order valence-electron chi connectivity index (χ0n) is 25.1. The van der Waals surface area contributed by atoms with Crippen molar-refractivity contribution in [3.05, 3.63) is 45.3 Å². The maximum Gasteiger partial charge on any atom is 0.341 e. The number of unbranched alkanes of at least 4 members (excludes halogenated alkanes) is 1. The van der Waals surface area contributed by atoms with E-state index in [2.05, 4.69) is 70.4 Å². The van der Waals surface area contributed by atoms with Gasteiger partial charge < -0.3 is 20.1 Å². The second-order valence-corrected chi connectivity index (χ2v) is 13.3. The summed E-state index contributed by atoms with van der Waals surface area (Å²) >= 11 is 7.21. The summed E-state index contributed by atoms with van der Waals surface area (Å²) in [7, 11) is 0. The molecule has 1 aromatic heterocycles. The summed E-state index contributed by atoms with van der Waals surface area (Å²) in [5.74, 6) is 0.743. The van der Waals surface area contributed by atoms with Gasteiger partial charge in [-0.2, -0.15) is 0 Å². The molecule has 0 unspecified atom stereocenters. The quantitative estimate of drug-likeness (QED) is 0.143. The van der Waals surface area contributed by atoms with E-state index in [0.717, 1.165) is 74.2 Å². The van der Waals surface area contributed by atoms with Crippen LogP contribution in [0.1, 0.15) is 119 Å². The fraction of sp³-hybridized carbons (Fsp3) is 0.625. The van der Waals surface area contributed by atoms with Gasteiger partial charge in [-0.05, 0) is 98.5 Å². The van der Waals surface area contributed by atoms with Crippen molar-refractivity contribution in [1.82, 2.24) is 5.32 Å². The summed E-state index contributed by atoms with van der Waals surface area (Å²) in [6, 6.07) is 6.76. The lowest BCUT2D eigenvalue weighted by Gasteiger charge is -2.30. The van der Waals surface area contributed by atoms with Crippen LogP contribution >= 0.6 is 23.6 Å². The minimum absolute atomic E-state index is 0.0536. The van der Waals surface area contributed by atoms with Gasteiger partial charge in [0.25, 0.3) is 0 Å². The number of anilines is 1. The van der Waals surface area contributed by atoms with Gasteiger partial charge in [-0.25, -0.2) is 4.79 Å². The van der Waals surface area contributed by atoms with Crippen molar-refractivity contribution in [2.45, 2.75) is 111 Å². The van der Waals surface area contributed by atoms with Crippen molar-refractivity contribution in [2.75, 3.05) is 25.1 Å². The van der Waals surface area contributed by atoms with E-state index in [0.29, 0.717) is 23.9 Å². The minimum atomic E-state index is -0.253. The van der Waals surface area contributed by atoms with Crippen molar-refractivity contribution in [1.29, 1.82) is 0 Å². The first-order chi connectivity index (χ1) is 18.5. The molecule has 2 aromatic rings. The highest BCUT2D eigenvalue weighted by Gasteiger charge is 2.28. The van der Waals surface area contributed by atoms with Gasteiger partial charge in [0.15, 0.2) is 5.11 Å².